The summed E-state index contributed by atoms with van der Waals surface area (Å²) in [6.07, 6.45) is -4.49. The van der Waals surface area contributed by atoms with Crippen molar-refractivity contribution in [3.05, 3.63) is 29.8 Å². The van der Waals surface area contributed by atoms with E-state index in [9.17, 15) is 23.1 Å². The number of nitrogens with one attached hydrogen (secondary N) is 2. The number of benzene rings is 1. The Hall–Kier alpha value is -1.84. The molecule has 1 fully saturated rings. The standard InChI is InChI=1S/C17H23F3N2O4/c1-25-16(5-7-21-8-6-16)15(24)22-10-13(23)11-26-14-4-2-3-12(9-14)17(18,19)20/h2-4,9,13,21,23H,5-8,10-11H2,1H3,(H,22,24). The molecule has 0 aliphatic carbocycles. The number of amides is 1. The van der Waals surface area contributed by atoms with Crippen molar-refractivity contribution in [3.63, 3.8) is 0 Å². The van der Waals surface area contributed by atoms with Crippen LogP contribution < -0.4 is 15.4 Å². The van der Waals surface area contributed by atoms with Crippen LogP contribution in [0.2, 0.25) is 0 Å². The van der Waals surface area contributed by atoms with Gasteiger partial charge in [0.2, 0.25) is 0 Å². The summed E-state index contributed by atoms with van der Waals surface area (Å²) in [5.41, 5.74) is -1.75. The third-order valence-electron chi connectivity index (χ3n) is 4.32. The Kier molecular flexibility index (Phi) is 6.85. The molecule has 0 bridgehead atoms. The van der Waals surface area contributed by atoms with Crippen molar-refractivity contribution >= 4 is 5.91 Å². The van der Waals surface area contributed by atoms with Crippen molar-refractivity contribution in [1.29, 1.82) is 0 Å². The van der Waals surface area contributed by atoms with Gasteiger partial charge >= 0.3 is 6.18 Å². The molecule has 1 aromatic carbocycles. The number of carbonyl (C=O) groups is 1. The van der Waals surface area contributed by atoms with Crippen LogP contribution in [0.4, 0.5) is 13.2 Å². The third kappa shape index (κ3) is 5.33. The van der Waals surface area contributed by atoms with Crippen LogP contribution in [0, 0.1) is 0 Å². The molecule has 9 heteroatoms. The Labute approximate surface area is 149 Å². The Morgan fingerprint density at radius 1 is 1.38 bits per heavy atom. The van der Waals surface area contributed by atoms with E-state index in [1.807, 2.05) is 0 Å². The van der Waals surface area contributed by atoms with Gasteiger partial charge in [0.25, 0.3) is 5.91 Å². The average molecular weight is 376 g/mol. The van der Waals surface area contributed by atoms with E-state index in [2.05, 4.69) is 10.6 Å². The summed E-state index contributed by atoms with van der Waals surface area (Å²) in [6, 6.07) is 4.40. The number of ether oxygens (including phenoxy) is 2. The molecule has 146 valence electrons. The zero-order valence-electron chi connectivity index (χ0n) is 14.4. The molecule has 26 heavy (non-hydrogen) atoms. The normalized spacial score (nSPS) is 18.2. The maximum atomic E-state index is 12.7. The predicted molar refractivity (Wildman–Crippen MR) is 87.8 cm³/mol. The van der Waals surface area contributed by atoms with E-state index < -0.39 is 23.4 Å². The van der Waals surface area contributed by atoms with Crippen LogP contribution in [0.25, 0.3) is 0 Å². The Morgan fingerprint density at radius 3 is 2.69 bits per heavy atom. The first-order valence-electron chi connectivity index (χ1n) is 8.29. The number of aliphatic hydroxyl groups excluding tert-OH is 1. The van der Waals surface area contributed by atoms with E-state index in [4.69, 9.17) is 9.47 Å². The Balaban J connectivity index is 1.82. The van der Waals surface area contributed by atoms with Gasteiger partial charge in [0.05, 0.1) is 5.56 Å². The van der Waals surface area contributed by atoms with Gasteiger partial charge in [-0.1, -0.05) is 6.07 Å². The Morgan fingerprint density at radius 2 is 2.08 bits per heavy atom. The van der Waals surface area contributed by atoms with E-state index in [1.54, 1.807) is 0 Å². The minimum Gasteiger partial charge on any atom is -0.491 e. The molecule has 1 atom stereocenters. The van der Waals surface area contributed by atoms with Crippen molar-refractivity contribution in [1.82, 2.24) is 10.6 Å². The van der Waals surface area contributed by atoms with Gasteiger partial charge in [-0.3, -0.25) is 4.79 Å². The second-order valence-corrected chi connectivity index (χ2v) is 6.15. The highest BCUT2D eigenvalue weighted by Gasteiger charge is 2.39. The van der Waals surface area contributed by atoms with E-state index in [0.29, 0.717) is 25.9 Å². The third-order valence-corrected chi connectivity index (χ3v) is 4.32. The second-order valence-electron chi connectivity index (χ2n) is 6.15. The molecule has 1 saturated heterocycles. The number of hydrogen-bond donors (Lipinski definition) is 3. The summed E-state index contributed by atoms with van der Waals surface area (Å²) in [6.45, 7) is 0.977. The van der Waals surface area contributed by atoms with Crippen LogP contribution in [-0.4, -0.2) is 56.1 Å². The molecule has 1 amide bonds. The molecule has 2 rings (SSSR count). The summed E-state index contributed by atoms with van der Waals surface area (Å²) >= 11 is 0. The molecule has 6 nitrogen and oxygen atoms in total. The van der Waals surface area contributed by atoms with Crippen molar-refractivity contribution in [2.24, 2.45) is 0 Å². The lowest BCUT2D eigenvalue weighted by Gasteiger charge is -2.35. The SMILES string of the molecule is COC1(C(=O)NCC(O)COc2cccc(C(F)(F)F)c2)CCNCC1. The lowest BCUT2D eigenvalue weighted by atomic mass is 9.91. The second kappa shape index (κ2) is 8.70. The predicted octanol–water partition coefficient (Wildman–Crippen LogP) is 1.33. The number of hydrogen-bond acceptors (Lipinski definition) is 5. The molecular formula is C17H23F3N2O4. The molecule has 1 aliphatic rings. The molecular weight excluding hydrogens is 353 g/mol. The summed E-state index contributed by atoms with van der Waals surface area (Å²) in [4.78, 5) is 12.3. The molecule has 3 N–H and O–H groups in total. The number of methoxy groups -OCH3 is 1. The van der Waals surface area contributed by atoms with Gasteiger partial charge < -0.3 is 25.2 Å². The molecule has 0 radical (unpaired) electrons. The van der Waals surface area contributed by atoms with Crippen LogP contribution in [0.3, 0.4) is 0 Å². The van der Waals surface area contributed by atoms with Crippen molar-refractivity contribution in [2.45, 2.75) is 30.7 Å². The summed E-state index contributed by atoms with van der Waals surface area (Å²) < 4.78 is 48.5. The maximum absolute atomic E-state index is 12.7. The van der Waals surface area contributed by atoms with Gasteiger partial charge in [-0.2, -0.15) is 13.2 Å². The number of piperidine rings is 1. The first-order valence-corrected chi connectivity index (χ1v) is 8.29. The maximum Gasteiger partial charge on any atom is 0.416 e. The van der Waals surface area contributed by atoms with Gasteiger partial charge in [-0.25, -0.2) is 0 Å². The molecule has 1 aliphatic heterocycles. The number of rotatable bonds is 7. The zero-order valence-corrected chi connectivity index (χ0v) is 14.4. The lowest BCUT2D eigenvalue weighted by molar-refractivity contribution is -0.147. The molecule has 0 spiro atoms. The van der Waals surface area contributed by atoms with Gasteiger partial charge in [-0.05, 0) is 44.1 Å². The van der Waals surface area contributed by atoms with Gasteiger partial charge in [0.1, 0.15) is 24.1 Å². The number of carbonyl (C=O) groups excluding carboxylic acids is 1. The summed E-state index contributed by atoms with van der Waals surface area (Å²) in [5.74, 6) is -0.323. The fraction of sp³-hybridized carbons (Fsp3) is 0.588. The zero-order chi connectivity index (χ0) is 19.2. The number of alkyl halides is 3. The number of aliphatic hydroxyl groups is 1. The molecule has 1 aromatic rings. The minimum absolute atomic E-state index is 0.00285. The van der Waals surface area contributed by atoms with E-state index in [0.717, 1.165) is 12.1 Å². The summed E-state index contributed by atoms with van der Waals surface area (Å²) in [5, 5.41) is 15.7. The molecule has 1 unspecified atom stereocenters. The van der Waals surface area contributed by atoms with Gasteiger partial charge in [0, 0.05) is 13.7 Å². The van der Waals surface area contributed by atoms with Crippen LogP contribution in [-0.2, 0) is 15.7 Å². The highest BCUT2D eigenvalue weighted by atomic mass is 19.4. The van der Waals surface area contributed by atoms with Crippen molar-refractivity contribution in [3.8, 4) is 5.75 Å². The van der Waals surface area contributed by atoms with Crippen molar-refractivity contribution in [2.75, 3.05) is 33.4 Å². The topological polar surface area (TPSA) is 79.8 Å². The van der Waals surface area contributed by atoms with E-state index in [-0.39, 0.29) is 24.8 Å². The minimum atomic E-state index is -4.46. The van der Waals surface area contributed by atoms with E-state index in [1.165, 1.54) is 19.2 Å². The van der Waals surface area contributed by atoms with Crippen LogP contribution in [0.1, 0.15) is 18.4 Å². The first-order chi connectivity index (χ1) is 12.3. The first kappa shape index (κ1) is 20.5. The van der Waals surface area contributed by atoms with Crippen LogP contribution in [0.5, 0.6) is 5.75 Å². The summed E-state index contributed by atoms with van der Waals surface area (Å²) in [7, 11) is 1.47. The highest BCUT2D eigenvalue weighted by Crippen LogP contribution is 2.31. The molecule has 0 aromatic heterocycles. The van der Waals surface area contributed by atoms with Crippen LogP contribution >= 0.6 is 0 Å². The smallest absolute Gasteiger partial charge is 0.416 e. The van der Waals surface area contributed by atoms with Crippen molar-refractivity contribution < 1.29 is 32.5 Å². The quantitative estimate of drug-likeness (QED) is 0.669. The lowest BCUT2D eigenvalue weighted by Crippen LogP contribution is -2.55. The number of halogens is 3. The fourth-order valence-corrected chi connectivity index (χ4v) is 2.74. The van der Waals surface area contributed by atoms with Gasteiger partial charge in [0.15, 0.2) is 0 Å². The molecule has 1 heterocycles. The largest absolute Gasteiger partial charge is 0.491 e. The monoisotopic (exact) mass is 376 g/mol. The highest BCUT2D eigenvalue weighted by molar-refractivity contribution is 5.85. The van der Waals surface area contributed by atoms with Gasteiger partial charge in [-0.15, -0.1) is 0 Å². The Bertz CT molecular complexity index is 604. The van der Waals surface area contributed by atoms with E-state index >= 15 is 0 Å². The fourth-order valence-electron chi connectivity index (χ4n) is 2.74. The molecule has 0 saturated carbocycles. The average Bonchev–Trinajstić information content (AvgIpc) is 2.64. The van der Waals surface area contributed by atoms with Crippen LogP contribution in [0.15, 0.2) is 24.3 Å².